The first-order valence-corrected chi connectivity index (χ1v) is 9.88. The molecule has 25 heavy (non-hydrogen) atoms. The molecule has 0 saturated heterocycles. The maximum absolute atomic E-state index is 13.2. The van der Waals surface area contributed by atoms with Crippen LogP contribution in [0.25, 0.3) is 0 Å². The number of sulfone groups is 1. The predicted octanol–water partition coefficient (Wildman–Crippen LogP) is 3.13. The zero-order chi connectivity index (χ0) is 18.4. The van der Waals surface area contributed by atoms with Crippen LogP contribution >= 0.6 is 0 Å². The summed E-state index contributed by atoms with van der Waals surface area (Å²) >= 11 is 0. The maximum atomic E-state index is 13.2. The van der Waals surface area contributed by atoms with Gasteiger partial charge in [0, 0.05) is 25.4 Å². The van der Waals surface area contributed by atoms with Crippen LogP contribution < -0.4 is 5.32 Å². The van der Waals surface area contributed by atoms with Gasteiger partial charge in [-0.1, -0.05) is 19.1 Å². The van der Waals surface area contributed by atoms with Crippen molar-refractivity contribution in [3.05, 3.63) is 59.4 Å². The van der Waals surface area contributed by atoms with Gasteiger partial charge in [-0.25, -0.2) is 8.42 Å². The number of nitrogens with zero attached hydrogens (tertiary/aromatic N) is 1. The first kappa shape index (κ1) is 19.1. The van der Waals surface area contributed by atoms with Gasteiger partial charge in [0.15, 0.2) is 9.84 Å². The van der Waals surface area contributed by atoms with E-state index in [-0.39, 0.29) is 17.3 Å². The van der Waals surface area contributed by atoms with Crippen LogP contribution in [-0.2, 0) is 14.6 Å². The van der Waals surface area contributed by atoms with E-state index >= 15 is 0 Å². The lowest BCUT2D eigenvalue weighted by Gasteiger charge is -2.19. The average Bonchev–Trinajstić information content (AvgIpc) is 2.58. The van der Waals surface area contributed by atoms with E-state index in [2.05, 4.69) is 10.3 Å². The lowest BCUT2D eigenvalue weighted by Crippen LogP contribution is -2.31. The third kappa shape index (κ3) is 4.66. The molecule has 1 amide bonds. The van der Waals surface area contributed by atoms with Crippen LogP contribution in [0.2, 0.25) is 0 Å². The minimum atomic E-state index is -3.66. The number of aromatic nitrogens is 1. The van der Waals surface area contributed by atoms with Crippen molar-refractivity contribution in [3.63, 3.8) is 0 Å². The Morgan fingerprint density at radius 2 is 1.96 bits per heavy atom. The maximum Gasteiger partial charge on any atom is 0.220 e. The van der Waals surface area contributed by atoms with Gasteiger partial charge < -0.3 is 5.32 Å². The van der Waals surface area contributed by atoms with Gasteiger partial charge in [-0.05, 0) is 55.2 Å². The number of hydrogen-bond donors (Lipinski definition) is 1. The summed E-state index contributed by atoms with van der Waals surface area (Å²) < 4.78 is 26.4. The average molecular weight is 360 g/mol. The number of aryl methyl sites for hydroxylation is 2. The largest absolute Gasteiger partial charge is 0.354 e. The minimum absolute atomic E-state index is 0.0276. The van der Waals surface area contributed by atoms with Crippen molar-refractivity contribution in [1.82, 2.24) is 10.3 Å². The molecule has 1 aromatic carbocycles. The molecule has 1 atom stereocenters. The van der Waals surface area contributed by atoms with E-state index in [0.29, 0.717) is 18.4 Å². The van der Waals surface area contributed by atoms with Crippen molar-refractivity contribution < 1.29 is 13.2 Å². The van der Waals surface area contributed by atoms with Crippen LogP contribution in [0, 0.1) is 13.8 Å². The van der Waals surface area contributed by atoms with Crippen LogP contribution in [0.3, 0.4) is 0 Å². The summed E-state index contributed by atoms with van der Waals surface area (Å²) in [5.41, 5.74) is 2.52. The lowest BCUT2D eigenvalue weighted by atomic mass is 10.1. The quantitative estimate of drug-likeness (QED) is 0.823. The molecular weight excluding hydrogens is 336 g/mol. The molecule has 0 fully saturated rings. The van der Waals surface area contributed by atoms with E-state index in [9.17, 15) is 13.2 Å². The van der Waals surface area contributed by atoms with Crippen LogP contribution in [0.15, 0.2) is 47.6 Å². The Balaban J connectivity index is 2.39. The summed E-state index contributed by atoms with van der Waals surface area (Å²) in [6.07, 6.45) is 4.23. The first-order chi connectivity index (χ1) is 11.9. The normalized spacial score (nSPS) is 12.6. The van der Waals surface area contributed by atoms with E-state index in [1.165, 1.54) is 6.20 Å². The SMILES string of the molecule is CCCC(=O)NC[C@H](c1cccnc1)S(=O)(=O)c1ccc(C)c(C)c1. The van der Waals surface area contributed by atoms with E-state index in [1.807, 2.05) is 20.8 Å². The highest BCUT2D eigenvalue weighted by Gasteiger charge is 2.30. The number of rotatable bonds is 7. The number of amides is 1. The second-order valence-corrected chi connectivity index (χ2v) is 8.25. The minimum Gasteiger partial charge on any atom is -0.354 e. The standard InChI is InChI=1S/C19H24N2O3S/c1-4-6-19(22)21-13-18(16-7-5-10-20-12-16)25(23,24)17-9-8-14(2)15(3)11-17/h5,7-12,18H,4,6,13H2,1-3H3,(H,21,22)/t18-/m1/s1. The van der Waals surface area contributed by atoms with Crippen molar-refractivity contribution in [2.24, 2.45) is 0 Å². The van der Waals surface area contributed by atoms with Gasteiger partial charge >= 0.3 is 0 Å². The Kier molecular flexibility index (Phi) is 6.31. The van der Waals surface area contributed by atoms with Crippen molar-refractivity contribution in [3.8, 4) is 0 Å². The van der Waals surface area contributed by atoms with Crippen molar-refractivity contribution in [2.75, 3.05) is 6.54 Å². The van der Waals surface area contributed by atoms with Crippen LogP contribution in [0.1, 0.15) is 41.7 Å². The Morgan fingerprint density at radius 3 is 2.56 bits per heavy atom. The van der Waals surface area contributed by atoms with Gasteiger partial charge in [0.2, 0.25) is 5.91 Å². The molecule has 0 radical (unpaired) electrons. The smallest absolute Gasteiger partial charge is 0.220 e. The third-order valence-electron chi connectivity index (χ3n) is 4.20. The van der Waals surface area contributed by atoms with Gasteiger partial charge in [0.1, 0.15) is 5.25 Å². The summed E-state index contributed by atoms with van der Waals surface area (Å²) in [5, 5.41) is 1.87. The number of pyridine rings is 1. The molecular formula is C19H24N2O3S. The Bertz CT molecular complexity index is 833. The monoisotopic (exact) mass is 360 g/mol. The van der Waals surface area contributed by atoms with Crippen molar-refractivity contribution in [2.45, 2.75) is 43.8 Å². The van der Waals surface area contributed by atoms with Gasteiger partial charge in [-0.2, -0.15) is 0 Å². The Hall–Kier alpha value is -2.21. The fourth-order valence-electron chi connectivity index (χ4n) is 2.55. The molecule has 1 aromatic heterocycles. The second-order valence-electron chi connectivity index (χ2n) is 6.12. The number of carbonyl (C=O) groups is 1. The fourth-order valence-corrected chi connectivity index (χ4v) is 4.28. The highest BCUT2D eigenvalue weighted by atomic mass is 32.2. The topological polar surface area (TPSA) is 76.1 Å². The summed E-state index contributed by atoms with van der Waals surface area (Å²) in [4.78, 5) is 16.1. The van der Waals surface area contributed by atoms with Crippen molar-refractivity contribution >= 4 is 15.7 Å². The van der Waals surface area contributed by atoms with E-state index in [1.54, 1.807) is 36.5 Å². The fraction of sp³-hybridized carbons (Fsp3) is 0.368. The van der Waals surface area contributed by atoms with Crippen LogP contribution in [0.4, 0.5) is 0 Å². The number of nitrogens with one attached hydrogen (secondary N) is 1. The molecule has 0 bridgehead atoms. The third-order valence-corrected chi connectivity index (χ3v) is 6.30. The zero-order valence-electron chi connectivity index (χ0n) is 14.8. The molecule has 134 valence electrons. The van der Waals surface area contributed by atoms with Gasteiger partial charge in [0.05, 0.1) is 4.90 Å². The lowest BCUT2D eigenvalue weighted by molar-refractivity contribution is -0.121. The summed E-state index contributed by atoms with van der Waals surface area (Å²) in [5.74, 6) is -0.147. The molecule has 2 aromatic rings. The predicted molar refractivity (Wildman–Crippen MR) is 98.0 cm³/mol. The van der Waals surface area contributed by atoms with Gasteiger partial charge in [-0.15, -0.1) is 0 Å². The molecule has 0 aliphatic heterocycles. The molecule has 1 heterocycles. The Labute approximate surface area is 149 Å². The molecule has 1 N–H and O–H groups in total. The highest BCUT2D eigenvalue weighted by Crippen LogP contribution is 2.29. The van der Waals surface area contributed by atoms with E-state index < -0.39 is 15.1 Å². The Morgan fingerprint density at radius 1 is 1.20 bits per heavy atom. The number of benzene rings is 1. The molecule has 5 nitrogen and oxygen atoms in total. The summed E-state index contributed by atoms with van der Waals surface area (Å²) in [7, 11) is -3.66. The number of carbonyl (C=O) groups excluding carboxylic acids is 1. The van der Waals surface area contributed by atoms with Crippen LogP contribution in [-0.4, -0.2) is 25.9 Å². The second kappa shape index (κ2) is 8.25. The van der Waals surface area contributed by atoms with E-state index in [4.69, 9.17) is 0 Å². The molecule has 0 aliphatic rings. The highest BCUT2D eigenvalue weighted by molar-refractivity contribution is 7.91. The van der Waals surface area contributed by atoms with Crippen molar-refractivity contribution in [1.29, 1.82) is 0 Å². The molecule has 6 heteroatoms. The molecule has 0 saturated carbocycles. The molecule has 0 spiro atoms. The zero-order valence-corrected chi connectivity index (χ0v) is 15.6. The van der Waals surface area contributed by atoms with Gasteiger partial charge in [-0.3, -0.25) is 9.78 Å². The van der Waals surface area contributed by atoms with E-state index in [0.717, 1.165) is 11.1 Å². The first-order valence-electron chi connectivity index (χ1n) is 8.34. The molecule has 0 aliphatic carbocycles. The summed E-state index contributed by atoms with van der Waals surface area (Å²) in [6.45, 7) is 5.76. The van der Waals surface area contributed by atoms with Gasteiger partial charge in [0.25, 0.3) is 0 Å². The van der Waals surface area contributed by atoms with Crippen LogP contribution in [0.5, 0.6) is 0 Å². The summed E-state index contributed by atoms with van der Waals surface area (Å²) in [6, 6.07) is 8.53. The molecule has 0 unspecified atom stereocenters. The number of hydrogen-bond acceptors (Lipinski definition) is 4. The molecule has 2 rings (SSSR count).